The Bertz CT molecular complexity index is 1870. The smallest absolute Gasteiger partial charge is 0.166 e. The molecule has 0 spiro atoms. The number of pyridine rings is 2. The number of aryl methyl sites for hydroxylation is 1. The number of allylic oxidation sites excluding steroid dienone is 1. The molecule has 0 aliphatic heterocycles. The molecule has 5 heterocycles. The number of aromatic nitrogens is 8. The van der Waals surface area contributed by atoms with Crippen molar-refractivity contribution in [1.82, 2.24) is 39.7 Å². The van der Waals surface area contributed by atoms with Gasteiger partial charge in [-0.2, -0.15) is 5.10 Å². The Labute approximate surface area is 229 Å². The van der Waals surface area contributed by atoms with Crippen molar-refractivity contribution in [3.63, 3.8) is 0 Å². The van der Waals surface area contributed by atoms with Crippen molar-refractivity contribution in [3.8, 4) is 28.5 Å². The summed E-state index contributed by atoms with van der Waals surface area (Å²) in [6.45, 7) is 6.20. The maximum Gasteiger partial charge on any atom is 0.166 e. The van der Waals surface area contributed by atoms with Crippen molar-refractivity contribution in [2.24, 2.45) is 5.92 Å². The fraction of sp³-hybridized carbons (Fsp3) is 0.233. The highest BCUT2D eigenvalue weighted by molar-refractivity contribution is 5.96. The van der Waals surface area contributed by atoms with Crippen LogP contribution in [0.3, 0.4) is 0 Å². The fourth-order valence-electron chi connectivity index (χ4n) is 5.59. The van der Waals surface area contributed by atoms with E-state index in [0.29, 0.717) is 45.4 Å². The zero-order chi connectivity index (χ0) is 27.2. The third kappa shape index (κ3) is 4.31. The molecule has 0 saturated heterocycles. The van der Waals surface area contributed by atoms with Gasteiger partial charge >= 0.3 is 0 Å². The van der Waals surface area contributed by atoms with Crippen LogP contribution in [0.5, 0.6) is 0 Å². The van der Waals surface area contributed by atoms with E-state index < -0.39 is 0 Å². The molecule has 1 fully saturated rings. The second kappa shape index (κ2) is 9.71. The molecule has 10 heteroatoms. The molecule has 0 atom stereocenters. The average molecular weight is 534 g/mol. The first-order valence-electron chi connectivity index (χ1n) is 13.5. The molecule has 3 N–H and O–H groups in total. The van der Waals surface area contributed by atoms with Crippen LogP contribution in [0.2, 0.25) is 0 Å². The standard InChI is InChI=1S/C30H28FN9/c1-17-15-40(16-34-17)30-28-25(8-9-33-30)36-29(37-28)27-23-11-22(24(31)12-26(23)38-39-27)20-10-21(14-32-13-20)35-18(2)19-6-4-3-5-7-19/h8-16,19,35H,2-7H2,1H3,(H,36,37)(H,38,39). The van der Waals surface area contributed by atoms with Gasteiger partial charge in [0.1, 0.15) is 23.4 Å². The van der Waals surface area contributed by atoms with E-state index in [1.807, 2.05) is 29.8 Å². The summed E-state index contributed by atoms with van der Waals surface area (Å²) < 4.78 is 17.2. The van der Waals surface area contributed by atoms with E-state index in [0.717, 1.165) is 40.8 Å². The van der Waals surface area contributed by atoms with Crippen LogP contribution in [0, 0.1) is 18.7 Å². The van der Waals surface area contributed by atoms with E-state index in [9.17, 15) is 0 Å². The minimum absolute atomic E-state index is 0.362. The van der Waals surface area contributed by atoms with Gasteiger partial charge in [-0.15, -0.1) is 0 Å². The summed E-state index contributed by atoms with van der Waals surface area (Å²) in [7, 11) is 0. The van der Waals surface area contributed by atoms with Gasteiger partial charge in [0.15, 0.2) is 11.6 Å². The lowest BCUT2D eigenvalue weighted by Crippen LogP contribution is -2.14. The van der Waals surface area contributed by atoms with Gasteiger partial charge in [0.05, 0.1) is 28.6 Å². The largest absolute Gasteiger partial charge is 0.358 e. The summed E-state index contributed by atoms with van der Waals surface area (Å²) >= 11 is 0. The van der Waals surface area contributed by atoms with Gasteiger partial charge in [0.2, 0.25) is 0 Å². The van der Waals surface area contributed by atoms with Gasteiger partial charge in [-0.05, 0) is 43.9 Å². The maximum atomic E-state index is 15.4. The Morgan fingerprint density at radius 2 is 1.98 bits per heavy atom. The van der Waals surface area contributed by atoms with Crippen molar-refractivity contribution in [2.45, 2.75) is 39.0 Å². The molecule has 0 unspecified atom stereocenters. The van der Waals surface area contributed by atoms with Crippen molar-refractivity contribution in [1.29, 1.82) is 0 Å². The molecule has 1 saturated carbocycles. The number of nitrogens with zero attached hydrogens (tertiary/aromatic N) is 6. The fourth-order valence-corrected chi connectivity index (χ4v) is 5.59. The Kier molecular flexibility index (Phi) is 5.87. The first-order chi connectivity index (χ1) is 19.5. The maximum absolute atomic E-state index is 15.4. The molecular formula is C30H28FN9. The zero-order valence-corrected chi connectivity index (χ0v) is 22.1. The van der Waals surface area contributed by atoms with E-state index >= 15 is 4.39 Å². The number of benzene rings is 1. The molecule has 1 aromatic carbocycles. The van der Waals surface area contributed by atoms with Gasteiger partial charge in [0.25, 0.3) is 0 Å². The molecule has 6 aromatic rings. The first-order valence-corrected chi connectivity index (χ1v) is 13.5. The van der Waals surface area contributed by atoms with Crippen LogP contribution in [0.15, 0.2) is 67.7 Å². The van der Waals surface area contributed by atoms with E-state index in [4.69, 9.17) is 4.98 Å². The van der Waals surface area contributed by atoms with Gasteiger partial charge in [-0.1, -0.05) is 25.8 Å². The molecule has 1 aliphatic rings. The van der Waals surface area contributed by atoms with Crippen molar-refractivity contribution >= 4 is 27.6 Å². The number of hydrogen-bond acceptors (Lipinski definition) is 6. The molecule has 7 rings (SSSR count). The number of imidazole rings is 2. The summed E-state index contributed by atoms with van der Waals surface area (Å²) in [6.07, 6.45) is 14.8. The molecule has 0 amide bonds. The average Bonchev–Trinajstić information content (AvgIpc) is 3.70. The van der Waals surface area contributed by atoms with Crippen LogP contribution < -0.4 is 5.32 Å². The Morgan fingerprint density at radius 3 is 2.80 bits per heavy atom. The SMILES string of the molecule is C=C(Nc1cncc(-c2cc3c(-c4nc5c(-n6cnc(C)c6)nccc5[nH]4)n[nH]c3cc2F)c1)C1CCCCC1. The third-order valence-electron chi connectivity index (χ3n) is 7.66. The van der Waals surface area contributed by atoms with Crippen LogP contribution in [-0.4, -0.2) is 39.7 Å². The molecule has 0 radical (unpaired) electrons. The number of anilines is 1. The predicted molar refractivity (Wildman–Crippen MR) is 153 cm³/mol. The normalized spacial score (nSPS) is 14.2. The molecule has 0 bridgehead atoms. The molecule has 1 aliphatic carbocycles. The highest BCUT2D eigenvalue weighted by atomic mass is 19.1. The van der Waals surface area contributed by atoms with Crippen LogP contribution in [0.25, 0.3) is 50.4 Å². The lowest BCUT2D eigenvalue weighted by Gasteiger charge is -2.24. The molecule has 5 aromatic heterocycles. The Balaban J connectivity index is 1.25. The van der Waals surface area contributed by atoms with Gasteiger partial charge in [0, 0.05) is 46.9 Å². The van der Waals surface area contributed by atoms with E-state index in [1.165, 1.54) is 25.3 Å². The summed E-state index contributed by atoms with van der Waals surface area (Å²) in [5, 5.41) is 11.6. The summed E-state index contributed by atoms with van der Waals surface area (Å²) in [5.41, 5.74) is 6.45. The highest BCUT2D eigenvalue weighted by Crippen LogP contribution is 2.34. The van der Waals surface area contributed by atoms with Crippen molar-refractivity contribution in [3.05, 3.63) is 79.2 Å². The monoisotopic (exact) mass is 533 g/mol. The van der Waals surface area contributed by atoms with Gasteiger partial charge in [-0.25, -0.2) is 19.3 Å². The predicted octanol–water partition coefficient (Wildman–Crippen LogP) is 6.70. The number of aromatic amines is 2. The second-order valence-electron chi connectivity index (χ2n) is 10.4. The van der Waals surface area contributed by atoms with Crippen LogP contribution in [0.4, 0.5) is 10.1 Å². The quantitative estimate of drug-likeness (QED) is 0.220. The lowest BCUT2D eigenvalue weighted by atomic mass is 9.87. The topological polar surface area (TPSA) is 113 Å². The number of fused-ring (bicyclic) bond motifs is 2. The zero-order valence-electron chi connectivity index (χ0n) is 22.1. The highest BCUT2D eigenvalue weighted by Gasteiger charge is 2.20. The first kappa shape index (κ1) is 24.2. The van der Waals surface area contributed by atoms with Gasteiger partial charge in [-0.3, -0.25) is 14.6 Å². The van der Waals surface area contributed by atoms with Crippen molar-refractivity contribution in [2.75, 3.05) is 5.32 Å². The molecular weight excluding hydrogens is 505 g/mol. The summed E-state index contributed by atoms with van der Waals surface area (Å²) in [6, 6.07) is 7.04. The van der Waals surface area contributed by atoms with Crippen LogP contribution in [-0.2, 0) is 0 Å². The number of halogens is 1. The van der Waals surface area contributed by atoms with Crippen LogP contribution >= 0.6 is 0 Å². The number of rotatable bonds is 6. The Hall–Kier alpha value is -4.86. The molecule has 40 heavy (non-hydrogen) atoms. The molecule has 200 valence electrons. The summed E-state index contributed by atoms with van der Waals surface area (Å²) in [5.74, 6) is 1.32. The minimum atomic E-state index is -0.362. The number of hydrogen-bond donors (Lipinski definition) is 3. The second-order valence-corrected chi connectivity index (χ2v) is 10.4. The van der Waals surface area contributed by atoms with Gasteiger partial charge < -0.3 is 10.3 Å². The molecule has 9 nitrogen and oxygen atoms in total. The summed E-state index contributed by atoms with van der Waals surface area (Å²) in [4.78, 5) is 21.4. The number of H-pyrrole nitrogens is 2. The van der Waals surface area contributed by atoms with E-state index in [1.54, 1.807) is 31.0 Å². The lowest BCUT2D eigenvalue weighted by molar-refractivity contribution is 0.405. The minimum Gasteiger partial charge on any atom is -0.358 e. The Morgan fingerprint density at radius 1 is 1.10 bits per heavy atom. The van der Waals surface area contributed by atoms with Crippen molar-refractivity contribution < 1.29 is 4.39 Å². The van der Waals surface area contributed by atoms with E-state index in [2.05, 4.69) is 42.0 Å². The van der Waals surface area contributed by atoms with E-state index in [-0.39, 0.29) is 5.82 Å². The number of nitrogens with one attached hydrogen (secondary N) is 3. The van der Waals surface area contributed by atoms with Crippen LogP contribution in [0.1, 0.15) is 37.8 Å². The third-order valence-corrected chi connectivity index (χ3v) is 7.66.